The Morgan fingerprint density at radius 2 is 0.443 bits per heavy atom. The van der Waals surface area contributed by atoms with E-state index in [4.69, 9.17) is 0 Å². The Morgan fingerprint density at radius 3 is 0.852 bits per heavy atom. The van der Waals surface area contributed by atoms with Crippen molar-refractivity contribution < 1.29 is 0 Å². The van der Waals surface area contributed by atoms with E-state index in [1.165, 1.54) is 84.6 Å². The molecule has 20 rings (SSSR count). The topological polar surface area (TPSA) is 155 Å². The van der Waals surface area contributed by atoms with Crippen molar-refractivity contribution in [3.63, 3.8) is 0 Å². The molecule has 0 aliphatic carbocycles. The Morgan fingerprint density at radius 1 is 0.197 bits per heavy atom. The fourth-order valence-electron chi connectivity index (χ4n) is 17.6. The average molecular weight is 1620 g/mol. The standard InChI is InChI=1S/C20H19N3.C19H18N4.C17H21N3.C16H20N4.C15H17N3.C14H16N4/c1-15-9-6-7-12-18(15)23-16(2)22(17-10-4-3-5-11-17)19-13-8-14-21-20(19)23;1-14-8-6-7-11-17(14)23-15(2)22(16-9-4-3-5-10-16)18-19(23)21-13-12-20-18;1-12(2)19-14(4)20(15-9-6-5-8-13(15)3)17-16(19)10-7-11-18-17;1-11(2)19-13(4)20(14-8-6-5-7-12(14)3)16-15(19)17-9-10-18-16;1-11-7-4-5-8-13(11)18-12(2)17(3)14-9-6-10-16-15(14)18;1-10-6-4-5-7-12(10)18-11(2)17(3)13-14(18)16-9-8-15-13/h3-14,16H,1-2H3;3-13,15H,1-2H3;5-12,14H,1-4H3;5-11,13H,1-4H3;4-10,12H,1-3H3;4-9,11H,1-3H3/t16-;15-;14-;13-;12-;11-/m111111/s1. The minimum absolute atomic E-state index is 0.107. The molecule has 14 aromatic rings. The summed E-state index contributed by atoms with van der Waals surface area (Å²) in [7, 11) is 4.17. The molecule has 0 saturated heterocycles. The van der Waals surface area contributed by atoms with E-state index in [1.807, 2.05) is 48.9 Å². The molecule has 12 heterocycles. The number of hydrogen-bond donors (Lipinski definition) is 0. The van der Waals surface area contributed by atoms with Crippen molar-refractivity contribution in [2.45, 2.75) is 160 Å². The molecule has 0 radical (unpaired) electrons. The highest BCUT2D eigenvalue weighted by molar-refractivity contribution is 5.89. The molecule has 0 N–H and O–H groups in total. The molecule has 6 aromatic heterocycles. The van der Waals surface area contributed by atoms with Gasteiger partial charge in [0.25, 0.3) is 0 Å². The highest BCUT2D eigenvalue weighted by Crippen LogP contribution is 2.51. The zero-order chi connectivity index (χ0) is 85.6. The van der Waals surface area contributed by atoms with Crippen LogP contribution in [0.25, 0.3) is 0 Å². The van der Waals surface area contributed by atoms with Crippen LogP contribution in [-0.4, -0.2) is 108 Å². The van der Waals surface area contributed by atoms with Crippen LogP contribution in [0.2, 0.25) is 0 Å². The second-order valence-corrected chi connectivity index (χ2v) is 32.0. The zero-order valence-electron chi connectivity index (χ0n) is 73.3. The molecule has 0 spiro atoms. The summed E-state index contributed by atoms with van der Waals surface area (Å²) in [6.45, 7) is 34.9. The van der Waals surface area contributed by atoms with Gasteiger partial charge in [-0.15, -0.1) is 0 Å². The van der Waals surface area contributed by atoms with Crippen LogP contribution in [-0.2, 0) is 0 Å². The zero-order valence-corrected chi connectivity index (χ0v) is 73.3. The van der Waals surface area contributed by atoms with Crippen LogP contribution in [0.1, 0.15) is 103 Å². The fourth-order valence-corrected chi connectivity index (χ4v) is 17.6. The third kappa shape index (κ3) is 16.0. The van der Waals surface area contributed by atoms with E-state index in [1.54, 1.807) is 37.2 Å². The predicted octanol–water partition coefficient (Wildman–Crippen LogP) is 23.1. The van der Waals surface area contributed by atoms with Gasteiger partial charge in [0.1, 0.15) is 37.0 Å². The normalized spacial score (nSPS) is 17.4. The van der Waals surface area contributed by atoms with Crippen molar-refractivity contribution in [3.8, 4) is 0 Å². The Kier molecular flexibility index (Phi) is 24.8. The lowest BCUT2D eigenvalue weighted by molar-refractivity contribution is 0.601. The molecule has 6 atom stereocenters. The van der Waals surface area contributed by atoms with E-state index in [2.05, 4.69) is 441 Å². The van der Waals surface area contributed by atoms with E-state index in [9.17, 15) is 0 Å². The van der Waals surface area contributed by atoms with Gasteiger partial charge in [-0.2, -0.15) is 0 Å². The van der Waals surface area contributed by atoms with Gasteiger partial charge in [0.15, 0.2) is 52.4 Å². The van der Waals surface area contributed by atoms with Gasteiger partial charge in [0, 0.05) is 127 Å². The highest BCUT2D eigenvalue weighted by atomic mass is 15.5. The van der Waals surface area contributed by atoms with Crippen molar-refractivity contribution in [3.05, 3.63) is 332 Å². The Balaban J connectivity index is 0.000000114. The molecule has 0 saturated carbocycles. The number of benzene rings is 8. The minimum atomic E-state index is 0.107. The number of aromatic nitrogens is 9. The second-order valence-electron chi connectivity index (χ2n) is 32.0. The molecule has 0 amide bonds. The first kappa shape index (κ1) is 83.1. The maximum absolute atomic E-state index is 4.67. The van der Waals surface area contributed by atoms with Crippen molar-refractivity contribution in [1.82, 2.24) is 44.9 Å². The first-order valence-electron chi connectivity index (χ1n) is 42.2. The molecule has 0 unspecified atom stereocenters. The number of hydrogen-bond acceptors (Lipinski definition) is 21. The molecule has 21 heteroatoms. The van der Waals surface area contributed by atoms with Crippen LogP contribution >= 0.6 is 0 Å². The SMILES string of the molecule is Cc1ccccc1N1c2ncccc2N(C(C)C)[C@H]1C.Cc1ccccc1N1c2ncccc2N(C)[C@H]1C.Cc1ccccc1N1c2ncccc2N(c2ccccc2)[C@H]1C.Cc1ccccc1N1c2nccnc2N(C(C)C)[C@H]1C.Cc1ccccc1N1c2nccnc2N(C)[C@H]1C.Cc1ccccc1N1c2nccnc2N(c2ccccc2)[C@H]1C. The van der Waals surface area contributed by atoms with E-state index >= 15 is 0 Å². The molecular weight excluding hydrogens is 1510 g/mol. The summed E-state index contributed by atoms with van der Waals surface area (Å²) in [5, 5.41) is 0. The van der Waals surface area contributed by atoms with Gasteiger partial charge in [0.2, 0.25) is 0 Å². The molecular formula is C101H111N21. The van der Waals surface area contributed by atoms with Crippen LogP contribution in [0.3, 0.4) is 0 Å². The van der Waals surface area contributed by atoms with Crippen molar-refractivity contribution in [2.24, 2.45) is 0 Å². The lowest BCUT2D eigenvalue weighted by Gasteiger charge is -2.33. The molecule has 8 aromatic carbocycles. The van der Waals surface area contributed by atoms with E-state index in [-0.39, 0.29) is 37.0 Å². The molecule has 6 aliphatic rings. The number of para-hydroxylation sites is 8. The Hall–Kier alpha value is -14.0. The summed E-state index contributed by atoms with van der Waals surface area (Å²) in [5.41, 5.74) is 20.6. The minimum Gasteiger partial charge on any atom is -0.351 e. The van der Waals surface area contributed by atoms with Gasteiger partial charge in [-0.3, -0.25) is 0 Å². The summed E-state index contributed by atoms with van der Waals surface area (Å²) in [6, 6.07) is 84.7. The number of rotatable bonds is 10. The summed E-state index contributed by atoms with van der Waals surface area (Å²) in [4.78, 5) is 68.5. The van der Waals surface area contributed by atoms with Gasteiger partial charge < -0.3 is 58.8 Å². The smallest absolute Gasteiger partial charge is 0.178 e. The van der Waals surface area contributed by atoms with E-state index in [0.717, 1.165) is 63.7 Å². The van der Waals surface area contributed by atoms with Crippen LogP contribution in [0.4, 0.5) is 115 Å². The molecule has 122 heavy (non-hydrogen) atoms. The third-order valence-electron chi connectivity index (χ3n) is 23.7. The van der Waals surface area contributed by atoms with Crippen LogP contribution < -0.4 is 58.8 Å². The number of fused-ring (bicyclic) bond motifs is 6. The predicted molar refractivity (Wildman–Crippen MR) is 505 cm³/mol. The number of anilines is 20. The molecule has 21 nitrogen and oxygen atoms in total. The summed E-state index contributed by atoms with van der Waals surface area (Å²) in [6.07, 6.45) is 17.4. The molecule has 0 fully saturated rings. The monoisotopic (exact) mass is 1620 g/mol. The Bertz CT molecular complexity index is 5550. The lowest BCUT2D eigenvalue weighted by Crippen LogP contribution is -2.42. The maximum Gasteiger partial charge on any atom is 0.178 e. The van der Waals surface area contributed by atoms with Gasteiger partial charge in [-0.05, 0) is 241 Å². The summed E-state index contributed by atoms with van der Waals surface area (Å²) in [5.74, 6) is 8.70. The van der Waals surface area contributed by atoms with Gasteiger partial charge in [-0.1, -0.05) is 146 Å². The fraction of sp³-hybridized carbons (Fsp3) is 0.257. The van der Waals surface area contributed by atoms with Gasteiger partial charge in [0.05, 0.1) is 17.1 Å². The molecule has 6 aliphatic heterocycles. The van der Waals surface area contributed by atoms with Crippen molar-refractivity contribution >= 4 is 115 Å². The van der Waals surface area contributed by atoms with E-state index in [0.29, 0.717) is 12.1 Å². The summed E-state index contributed by atoms with van der Waals surface area (Å²) < 4.78 is 0. The number of pyridine rings is 3. The van der Waals surface area contributed by atoms with Crippen LogP contribution in [0.15, 0.2) is 298 Å². The van der Waals surface area contributed by atoms with Gasteiger partial charge in [-0.25, -0.2) is 44.9 Å². The quantitative estimate of drug-likeness (QED) is 0.127. The van der Waals surface area contributed by atoms with Crippen molar-refractivity contribution in [1.29, 1.82) is 0 Å². The van der Waals surface area contributed by atoms with Gasteiger partial charge >= 0.3 is 0 Å². The first-order chi connectivity index (χ1) is 59.2. The lowest BCUT2D eigenvalue weighted by atomic mass is 10.2. The molecule has 0 bridgehead atoms. The van der Waals surface area contributed by atoms with Crippen LogP contribution in [0, 0.1) is 41.5 Å². The molecule has 620 valence electrons. The van der Waals surface area contributed by atoms with E-state index < -0.39 is 0 Å². The van der Waals surface area contributed by atoms with Crippen molar-refractivity contribution in [2.75, 3.05) is 72.9 Å². The highest BCUT2D eigenvalue weighted by Gasteiger charge is 2.43. The third-order valence-corrected chi connectivity index (χ3v) is 23.7. The average Bonchev–Trinajstić information content (AvgIpc) is 1.60. The maximum atomic E-state index is 4.67. The second kappa shape index (κ2) is 36.3. The first-order valence-corrected chi connectivity index (χ1v) is 42.2. The number of aryl methyl sites for hydroxylation is 6. The largest absolute Gasteiger partial charge is 0.351 e. The summed E-state index contributed by atoms with van der Waals surface area (Å²) >= 11 is 0. The Labute approximate surface area is 720 Å². The number of nitrogens with zero attached hydrogens (tertiary/aromatic N) is 21. The van der Waals surface area contributed by atoms with Crippen LogP contribution in [0.5, 0.6) is 0 Å².